The van der Waals surface area contributed by atoms with Crippen molar-refractivity contribution < 1.29 is 14.4 Å². The van der Waals surface area contributed by atoms with Crippen LogP contribution in [0, 0.1) is 0 Å². The molecular weight excluding hydrogens is 352 g/mol. The number of rotatable bonds is 3. The van der Waals surface area contributed by atoms with Gasteiger partial charge in [-0.05, 0) is 24.3 Å². The molecular formula is C15H15ClN4O3S. The van der Waals surface area contributed by atoms with Crippen LogP contribution < -0.4 is 5.32 Å². The first-order valence-electron chi connectivity index (χ1n) is 7.18. The molecule has 1 saturated heterocycles. The van der Waals surface area contributed by atoms with Crippen molar-refractivity contribution in [3.63, 3.8) is 0 Å². The number of thioether (sulfide) groups is 1. The molecule has 0 bridgehead atoms. The topological polar surface area (TPSA) is 82.1 Å². The zero-order chi connectivity index (χ0) is 17.4. The lowest BCUT2D eigenvalue weighted by molar-refractivity contribution is -0.126. The standard InChI is InChI=1S/C15H15ClN4O3S/c1-19-11-12(20(2)14(23)18-13(11)22)17-15(19)24-7-10(21)8-3-5-9(16)6-4-8/h3-6,11-12H,7H2,1-2H3,(H,18,22,23). The fourth-order valence-electron chi connectivity index (χ4n) is 2.58. The minimum Gasteiger partial charge on any atom is -0.339 e. The molecule has 0 radical (unpaired) electrons. The van der Waals surface area contributed by atoms with Crippen LogP contribution in [0.25, 0.3) is 0 Å². The molecule has 2 aliphatic heterocycles. The molecule has 0 saturated carbocycles. The summed E-state index contributed by atoms with van der Waals surface area (Å²) in [7, 11) is 3.32. The van der Waals surface area contributed by atoms with E-state index in [-0.39, 0.29) is 17.4 Å². The van der Waals surface area contributed by atoms with Crippen LogP contribution in [-0.4, -0.2) is 64.7 Å². The fraction of sp³-hybridized carbons (Fsp3) is 0.333. The van der Waals surface area contributed by atoms with E-state index in [4.69, 9.17) is 11.6 Å². The number of likely N-dealkylation sites (N-methyl/N-ethyl adjacent to an activating group) is 2. The highest BCUT2D eigenvalue weighted by atomic mass is 35.5. The lowest BCUT2D eigenvalue weighted by Crippen LogP contribution is -2.63. The molecule has 9 heteroatoms. The molecule has 2 heterocycles. The SMILES string of the molecule is CN1C(=O)NC(=O)C2C1N=C(SCC(=O)c1ccc(Cl)cc1)N2C. The van der Waals surface area contributed by atoms with Crippen LogP contribution in [0.3, 0.4) is 0 Å². The predicted molar refractivity (Wildman–Crippen MR) is 92.3 cm³/mol. The number of nitrogens with one attached hydrogen (secondary N) is 1. The van der Waals surface area contributed by atoms with Crippen LogP contribution in [0.15, 0.2) is 29.3 Å². The first kappa shape index (κ1) is 16.8. The maximum atomic E-state index is 12.2. The normalized spacial score (nSPS) is 23.0. The number of nitrogens with zero attached hydrogens (tertiary/aromatic N) is 3. The molecule has 1 aromatic rings. The number of carbonyl (C=O) groups excluding carboxylic acids is 3. The van der Waals surface area contributed by atoms with Gasteiger partial charge < -0.3 is 9.80 Å². The molecule has 2 aliphatic rings. The highest BCUT2D eigenvalue weighted by Crippen LogP contribution is 2.27. The lowest BCUT2D eigenvalue weighted by atomic mass is 10.1. The molecule has 2 unspecified atom stereocenters. The first-order valence-corrected chi connectivity index (χ1v) is 8.54. The van der Waals surface area contributed by atoms with Gasteiger partial charge in [-0.25, -0.2) is 9.79 Å². The fourth-order valence-corrected chi connectivity index (χ4v) is 3.63. The number of amides is 3. The van der Waals surface area contributed by atoms with Crippen molar-refractivity contribution in [2.45, 2.75) is 12.2 Å². The molecule has 0 spiro atoms. The Morgan fingerprint density at radius 3 is 2.58 bits per heavy atom. The summed E-state index contributed by atoms with van der Waals surface area (Å²) in [6, 6.07) is 5.63. The van der Waals surface area contributed by atoms with E-state index in [2.05, 4.69) is 10.3 Å². The highest BCUT2D eigenvalue weighted by Gasteiger charge is 2.47. The van der Waals surface area contributed by atoms with E-state index < -0.39 is 18.2 Å². The van der Waals surface area contributed by atoms with Gasteiger partial charge in [-0.3, -0.25) is 14.9 Å². The monoisotopic (exact) mass is 366 g/mol. The van der Waals surface area contributed by atoms with E-state index in [1.165, 1.54) is 16.7 Å². The van der Waals surface area contributed by atoms with Crippen molar-refractivity contribution in [1.82, 2.24) is 15.1 Å². The Kier molecular flexibility index (Phi) is 4.51. The molecule has 1 fully saturated rings. The predicted octanol–water partition coefficient (Wildman–Crippen LogP) is 1.43. The summed E-state index contributed by atoms with van der Waals surface area (Å²) in [6.45, 7) is 0. The second-order valence-corrected chi connectivity index (χ2v) is 6.88. The van der Waals surface area contributed by atoms with Gasteiger partial charge in [0.05, 0.1) is 5.75 Å². The van der Waals surface area contributed by atoms with Gasteiger partial charge in [0.2, 0.25) is 0 Å². The number of fused-ring (bicyclic) bond motifs is 1. The number of halogens is 1. The van der Waals surface area contributed by atoms with Gasteiger partial charge in [0.1, 0.15) is 0 Å². The highest BCUT2D eigenvalue weighted by molar-refractivity contribution is 8.14. The Bertz CT molecular complexity index is 737. The van der Waals surface area contributed by atoms with E-state index in [9.17, 15) is 14.4 Å². The largest absolute Gasteiger partial charge is 0.339 e. The number of ketones is 1. The zero-order valence-electron chi connectivity index (χ0n) is 13.0. The van der Waals surface area contributed by atoms with Crippen LogP contribution in [0.1, 0.15) is 10.4 Å². The van der Waals surface area contributed by atoms with Crippen molar-refractivity contribution >= 4 is 46.3 Å². The van der Waals surface area contributed by atoms with Crippen molar-refractivity contribution in [1.29, 1.82) is 0 Å². The smallest absolute Gasteiger partial charge is 0.325 e. The number of hydrogen-bond donors (Lipinski definition) is 1. The Hall–Kier alpha value is -2.06. The molecule has 1 aromatic carbocycles. The lowest BCUT2D eigenvalue weighted by Gasteiger charge is -2.34. The first-order chi connectivity index (χ1) is 11.4. The summed E-state index contributed by atoms with van der Waals surface area (Å²) >= 11 is 7.06. The molecule has 1 N–H and O–H groups in total. The molecule has 7 nitrogen and oxygen atoms in total. The summed E-state index contributed by atoms with van der Waals surface area (Å²) in [4.78, 5) is 43.4. The van der Waals surface area contributed by atoms with Gasteiger partial charge in [0.15, 0.2) is 23.2 Å². The van der Waals surface area contributed by atoms with Crippen molar-refractivity contribution in [2.24, 2.45) is 4.99 Å². The van der Waals surface area contributed by atoms with Gasteiger partial charge in [0, 0.05) is 24.7 Å². The van der Waals surface area contributed by atoms with Crippen LogP contribution in [-0.2, 0) is 4.79 Å². The molecule has 3 amide bonds. The quantitative estimate of drug-likeness (QED) is 0.818. The van der Waals surface area contributed by atoms with Crippen molar-refractivity contribution in [3.05, 3.63) is 34.9 Å². The van der Waals surface area contributed by atoms with E-state index >= 15 is 0 Å². The Balaban J connectivity index is 1.69. The minimum absolute atomic E-state index is 0.0588. The summed E-state index contributed by atoms with van der Waals surface area (Å²) in [6.07, 6.45) is -0.565. The van der Waals surface area contributed by atoms with E-state index in [1.807, 2.05) is 0 Å². The number of aliphatic imine (C=N–C) groups is 1. The molecule has 0 aromatic heterocycles. The molecule has 0 aliphatic carbocycles. The maximum absolute atomic E-state index is 12.2. The number of amidine groups is 1. The van der Waals surface area contributed by atoms with Crippen LogP contribution in [0.5, 0.6) is 0 Å². The van der Waals surface area contributed by atoms with Crippen LogP contribution in [0.4, 0.5) is 4.79 Å². The van der Waals surface area contributed by atoms with Gasteiger partial charge in [-0.2, -0.15) is 0 Å². The molecule has 3 rings (SSSR count). The average Bonchev–Trinajstić information content (AvgIpc) is 2.88. The summed E-state index contributed by atoms with van der Waals surface area (Å²) < 4.78 is 0. The third-order valence-electron chi connectivity index (χ3n) is 3.96. The van der Waals surface area contributed by atoms with E-state index in [1.54, 1.807) is 43.3 Å². The van der Waals surface area contributed by atoms with Crippen molar-refractivity contribution in [2.75, 3.05) is 19.8 Å². The number of urea groups is 1. The summed E-state index contributed by atoms with van der Waals surface area (Å²) in [5, 5.41) is 3.42. The van der Waals surface area contributed by atoms with Gasteiger partial charge in [-0.15, -0.1) is 0 Å². The molecule has 24 heavy (non-hydrogen) atoms. The Morgan fingerprint density at radius 2 is 1.92 bits per heavy atom. The van der Waals surface area contributed by atoms with E-state index in [0.29, 0.717) is 15.8 Å². The zero-order valence-corrected chi connectivity index (χ0v) is 14.6. The third-order valence-corrected chi connectivity index (χ3v) is 5.27. The van der Waals surface area contributed by atoms with Crippen molar-refractivity contribution in [3.8, 4) is 0 Å². The number of Topliss-reactive ketones (excluding diaryl/α,β-unsaturated/α-hetero) is 1. The van der Waals surface area contributed by atoms with Crippen LogP contribution >= 0.6 is 23.4 Å². The van der Waals surface area contributed by atoms with Gasteiger partial charge in [0.25, 0.3) is 5.91 Å². The number of carbonyl (C=O) groups is 3. The second-order valence-electron chi connectivity index (χ2n) is 5.51. The number of hydrogen-bond acceptors (Lipinski definition) is 6. The average molecular weight is 367 g/mol. The molecule has 126 valence electrons. The summed E-state index contributed by atoms with van der Waals surface area (Å²) in [5.41, 5.74) is 0.565. The third kappa shape index (κ3) is 2.99. The van der Waals surface area contributed by atoms with Gasteiger partial charge >= 0.3 is 6.03 Å². The molecule has 2 atom stereocenters. The second kappa shape index (κ2) is 6.45. The Morgan fingerprint density at radius 1 is 1.25 bits per heavy atom. The maximum Gasteiger partial charge on any atom is 0.325 e. The number of imide groups is 1. The number of benzene rings is 1. The minimum atomic E-state index is -0.569. The summed E-state index contributed by atoms with van der Waals surface area (Å²) in [5.74, 6) is -0.255. The van der Waals surface area contributed by atoms with Gasteiger partial charge in [-0.1, -0.05) is 23.4 Å². The Labute approximate surface area is 148 Å². The van der Waals surface area contributed by atoms with Crippen LogP contribution in [0.2, 0.25) is 5.02 Å². The van der Waals surface area contributed by atoms with E-state index in [0.717, 1.165) is 0 Å².